The van der Waals surface area contributed by atoms with Gasteiger partial charge in [-0.2, -0.15) is 0 Å². The number of allylic oxidation sites excluding steroid dienone is 2. The van der Waals surface area contributed by atoms with Crippen molar-refractivity contribution in [3.8, 4) is 0 Å². The fraction of sp³-hybridized carbons (Fsp3) is 0.0741. The first-order valence-electron chi connectivity index (χ1n) is 11.3. The van der Waals surface area contributed by atoms with Crippen LogP contribution in [0.15, 0.2) is 83.3 Å². The molecule has 0 amide bonds. The molecule has 3 aromatic carbocycles. The summed E-state index contributed by atoms with van der Waals surface area (Å²) < 4.78 is 1.93. The van der Waals surface area contributed by atoms with Gasteiger partial charge in [0.25, 0.3) is 5.56 Å². The highest BCUT2D eigenvalue weighted by Crippen LogP contribution is 2.50. The average Bonchev–Trinajstić information content (AvgIpc) is 3.57. The van der Waals surface area contributed by atoms with Gasteiger partial charge in [-0.15, -0.1) is 22.7 Å². The highest BCUT2D eigenvalue weighted by atomic mass is 32.1. The minimum Gasteiger partial charge on any atom is -0.400 e. The molecule has 3 N–H and O–H groups in total. The quantitative estimate of drug-likeness (QED) is 0.357. The molecule has 0 saturated heterocycles. The number of aromatic amines is 1. The van der Waals surface area contributed by atoms with E-state index < -0.39 is 5.41 Å². The van der Waals surface area contributed by atoms with Gasteiger partial charge in [-0.3, -0.25) is 9.59 Å². The largest absolute Gasteiger partial charge is 0.400 e. The number of ketones is 1. The van der Waals surface area contributed by atoms with Crippen molar-refractivity contribution < 1.29 is 4.79 Å². The van der Waals surface area contributed by atoms with Crippen LogP contribution in [-0.2, 0) is 10.2 Å². The fourth-order valence-corrected chi connectivity index (χ4v) is 7.06. The average molecular weight is 508 g/mol. The number of Topliss-reactive ketones (excluding diaryl/α,β-unsaturated/α-hetero) is 1. The number of thiazole rings is 2. The molecule has 9 heteroatoms. The van der Waals surface area contributed by atoms with Crippen LogP contribution in [0.2, 0.25) is 0 Å². The molecule has 174 valence electrons. The van der Waals surface area contributed by atoms with Gasteiger partial charge >= 0.3 is 0 Å². The van der Waals surface area contributed by atoms with Gasteiger partial charge in [0.1, 0.15) is 21.3 Å². The first-order chi connectivity index (χ1) is 17.5. The molecule has 3 heterocycles. The molecule has 0 aliphatic heterocycles. The van der Waals surface area contributed by atoms with Crippen LogP contribution in [0.5, 0.6) is 0 Å². The highest BCUT2D eigenvalue weighted by Gasteiger charge is 2.52. The number of benzene rings is 3. The third-order valence-electron chi connectivity index (χ3n) is 6.62. The molecule has 36 heavy (non-hydrogen) atoms. The predicted octanol–water partition coefficient (Wildman–Crippen LogP) is 4.77. The van der Waals surface area contributed by atoms with Crippen molar-refractivity contribution >= 4 is 65.4 Å². The van der Waals surface area contributed by atoms with E-state index in [-0.39, 0.29) is 17.8 Å². The van der Waals surface area contributed by atoms with Gasteiger partial charge in [-0.25, -0.2) is 15.0 Å². The van der Waals surface area contributed by atoms with E-state index in [1.54, 1.807) is 18.2 Å². The summed E-state index contributed by atoms with van der Waals surface area (Å²) in [5.41, 5.74) is 8.23. The second-order valence-corrected chi connectivity index (χ2v) is 10.8. The summed E-state index contributed by atoms with van der Waals surface area (Å²) in [5.74, 6) is 0.161. The Morgan fingerprint density at radius 1 is 0.778 bits per heavy atom. The van der Waals surface area contributed by atoms with Gasteiger partial charge in [-0.05, 0) is 36.4 Å². The fourth-order valence-electron chi connectivity index (χ4n) is 4.85. The molecule has 0 spiro atoms. The van der Waals surface area contributed by atoms with Gasteiger partial charge in [0.2, 0.25) is 0 Å². The summed E-state index contributed by atoms with van der Waals surface area (Å²) in [5, 5.41) is 1.65. The summed E-state index contributed by atoms with van der Waals surface area (Å²) in [6, 6.07) is 22.6. The Kier molecular flexibility index (Phi) is 4.48. The third-order valence-corrected chi connectivity index (χ3v) is 8.87. The third kappa shape index (κ3) is 2.93. The number of fused-ring (bicyclic) bond motifs is 3. The minimum absolute atomic E-state index is 0.00515. The molecule has 0 fully saturated rings. The lowest BCUT2D eigenvalue weighted by molar-refractivity contribution is -0.113. The number of carbonyl (C=O) groups excluding carboxylic acids is 1. The lowest BCUT2D eigenvalue weighted by atomic mass is 9.84. The molecule has 6 aromatic rings. The van der Waals surface area contributed by atoms with Gasteiger partial charge in [0.15, 0.2) is 5.78 Å². The maximum atomic E-state index is 13.7. The number of nitrogens with zero attached hydrogens (tertiary/aromatic N) is 3. The number of rotatable bonds is 3. The Morgan fingerprint density at radius 3 is 2.14 bits per heavy atom. The van der Waals surface area contributed by atoms with Crippen molar-refractivity contribution in [2.24, 2.45) is 5.73 Å². The molecule has 0 radical (unpaired) electrons. The zero-order valence-electron chi connectivity index (χ0n) is 18.7. The van der Waals surface area contributed by atoms with E-state index in [2.05, 4.69) is 4.98 Å². The molecule has 1 aliphatic carbocycles. The molecule has 1 unspecified atom stereocenters. The van der Waals surface area contributed by atoms with E-state index in [1.165, 1.54) is 22.7 Å². The minimum atomic E-state index is -1.21. The van der Waals surface area contributed by atoms with Crippen molar-refractivity contribution in [1.29, 1.82) is 0 Å². The van der Waals surface area contributed by atoms with Crippen molar-refractivity contribution in [2.45, 2.75) is 11.8 Å². The predicted molar refractivity (Wildman–Crippen MR) is 143 cm³/mol. The SMILES string of the molecule is NC1=C(c2nc3ccccc3s2)C(=O)CC1(c1nc2ccccc2c(=O)[nH]1)c1nc2ccccc2s1. The molecule has 1 aliphatic rings. The highest BCUT2D eigenvalue weighted by molar-refractivity contribution is 7.20. The summed E-state index contributed by atoms with van der Waals surface area (Å²) >= 11 is 2.88. The number of hydrogen-bond donors (Lipinski definition) is 2. The number of H-pyrrole nitrogens is 1. The monoisotopic (exact) mass is 507 g/mol. The van der Waals surface area contributed by atoms with Crippen molar-refractivity contribution in [3.05, 3.63) is 105 Å². The van der Waals surface area contributed by atoms with Gasteiger partial charge in [-0.1, -0.05) is 36.4 Å². The Balaban J connectivity index is 1.55. The van der Waals surface area contributed by atoms with E-state index in [4.69, 9.17) is 20.7 Å². The summed E-state index contributed by atoms with van der Waals surface area (Å²) in [7, 11) is 0. The van der Waals surface area contributed by atoms with Crippen molar-refractivity contribution in [2.75, 3.05) is 0 Å². The van der Waals surface area contributed by atoms with Crippen LogP contribution in [0.1, 0.15) is 22.3 Å². The van der Waals surface area contributed by atoms with Crippen LogP contribution in [0.3, 0.4) is 0 Å². The van der Waals surface area contributed by atoms with E-state index in [0.717, 1.165) is 20.4 Å². The first-order valence-corrected chi connectivity index (χ1v) is 12.9. The second kappa shape index (κ2) is 7.64. The molecule has 0 bridgehead atoms. The number of hydrogen-bond acceptors (Lipinski definition) is 8. The smallest absolute Gasteiger partial charge is 0.258 e. The Labute approximate surface area is 212 Å². The first kappa shape index (κ1) is 21.1. The number of para-hydroxylation sites is 3. The number of carbonyl (C=O) groups is 1. The van der Waals surface area contributed by atoms with E-state index in [0.29, 0.717) is 38.0 Å². The number of nitrogens with two attached hydrogens (primary N) is 1. The molecule has 7 nitrogen and oxygen atoms in total. The summed E-state index contributed by atoms with van der Waals surface area (Å²) in [4.78, 5) is 44.1. The van der Waals surface area contributed by atoms with Crippen LogP contribution in [0, 0.1) is 0 Å². The maximum Gasteiger partial charge on any atom is 0.258 e. The topological polar surface area (TPSA) is 115 Å². The zero-order chi connectivity index (χ0) is 24.4. The standard InChI is InChI=1S/C27H17N5O2S2/c28-22-21(24-29-16-9-3-5-11-19(16)35-24)18(33)13-27(22,26-31-17-10-4-6-12-20(17)36-26)25-30-15-8-2-1-7-14(15)23(34)32-25/h1-12H,13,28H2,(H,30,32,34). The van der Waals surface area contributed by atoms with Crippen LogP contribution >= 0.6 is 22.7 Å². The lowest BCUT2D eigenvalue weighted by Crippen LogP contribution is -2.36. The Bertz CT molecular complexity index is 1880. The number of nitrogens with one attached hydrogen (secondary N) is 1. The number of aromatic nitrogens is 4. The van der Waals surface area contributed by atoms with Gasteiger partial charge < -0.3 is 10.7 Å². The van der Waals surface area contributed by atoms with Crippen LogP contribution < -0.4 is 11.3 Å². The Hall–Kier alpha value is -4.21. The molecular formula is C27H17N5O2S2. The van der Waals surface area contributed by atoms with Crippen LogP contribution in [-0.4, -0.2) is 25.7 Å². The van der Waals surface area contributed by atoms with Gasteiger partial charge in [0.05, 0.1) is 36.9 Å². The summed E-state index contributed by atoms with van der Waals surface area (Å²) in [6.07, 6.45) is 0.00515. The van der Waals surface area contributed by atoms with E-state index in [1.807, 2.05) is 54.6 Å². The molecule has 1 atom stereocenters. The Morgan fingerprint density at radius 2 is 1.42 bits per heavy atom. The van der Waals surface area contributed by atoms with E-state index in [9.17, 15) is 9.59 Å². The molecule has 3 aromatic heterocycles. The van der Waals surface area contributed by atoms with Crippen molar-refractivity contribution in [3.63, 3.8) is 0 Å². The van der Waals surface area contributed by atoms with E-state index >= 15 is 0 Å². The second-order valence-electron chi connectivity index (χ2n) is 8.70. The maximum absolute atomic E-state index is 13.7. The molecule has 0 saturated carbocycles. The van der Waals surface area contributed by atoms with Crippen molar-refractivity contribution in [1.82, 2.24) is 19.9 Å². The normalized spacial score (nSPS) is 18.2. The molecule has 7 rings (SSSR count). The van der Waals surface area contributed by atoms with Gasteiger partial charge in [0, 0.05) is 12.1 Å². The summed E-state index contributed by atoms with van der Waals surface area (Å²) in [6.45, 7) is 0. The van der Waals surface area contributed by atoms with Crippen LogP contribution in [0.4, 0.5) is 0 Å². The van der Waals surface area contributed by atoms with Crippen LogP contribution in [0.25, 0.3) is 36.9 Å². The molecular weight excluding hydrogens is 490 g/mol. The zero-order valence-corrected chi connectivity index (χ0v) is 20.3. The lowest BCUT2D eigenvalue weighted by Gasteiger charge is -2.26.